The van der Waals surface area contributed by atoms with Crippen molar-refractivity contribution in [3.63, 3.8) is 0 Å². The Balaban J connectivity index is 1.52. The lowest BCUT2D eigenvalue weighted by molar-refractivity contribution is -0.384. The van der Waals surface area contributed by atoms with Gasteiger partial charge in [-0.3, -0.25) is 14.9 Å². The molecule has 0 saturated carbocycles. The van der Waals surface area contributed by atoms with E-state index in [1.54, 1.807) is 12.3 Å². The van der Waals surface area contributed by atoms with Gasteiger partial charge in [-0.05, 0) is 24.6 Å². The predicted molar refractivity (Wildman–Crippen MR) is 103 cm³/mol. The molecular weight excluding hydrogens is 402 g/mol. The number of non-ortho nitro benzene ring substituents is 1. The quantitative estimate of drug-likeness (QED) is 0.529. The second kappa shape index (κ2) is 8.84. The maximum absolute atomic E-state index is 12.6. The number of carbonyl (C=O) groups is 2. The summed E-state index contributed by atoms with van der Waals surface area (Å²) >= 11 is 1.29. The van der Waals surface area contributed by atoms with E-state index in [2.05, 4.69) is 10.4 Å². The van der Waals surface area contributed by atoms with Crippen molar-refractivity contribution in [3.05, 3.63) is 51.0 Å². The molecule has 1 fully saturated rings. The number of amides is 2. The first-order valence-corrected chi connectivity index (χ1v) is 9.62. The number of rotatable bonds is 6. The lowest BCUT2D eigenvalue weighted by Crippen LogP contribution is -2.50. The van der Waals surface area contributed by atoms with Crippen molar-refractivity contribution in [1.82, 2.24) is 15.4 Å². The molecule has 2 aromatic rings. The number of ether oxygens (including phenoxy) is 1. The number of aliphatic hydroxyl groups excluding tert-OH is 1. The van der Waals surface area contributed by atoms with Crippen molar-refractivity contribution in [3.8, 4) is 0 Å². The third kappa shape index (κ3) is 4.97. The number of nitro groups is 1. The van der Waals surface area contributed by atoms with Gasteiger partial charge in [0.05, 0.1) is 11.0 Å². The van der Waals surface area contributed by atoms with Gasteiger partial charge in [-0.1, -0.05) is 0 Å². The average Bonchev–Trinajstić information content (AvgIpc) is 3.17. The monoisotopic (exact) mass is 421 g/mol. The van der Waals surface area contributed by atoms with Gasteiger partial charge < -0.3 is 14.7 Å². The summed E-state index contributed by atoms with van der Waals surface area (Å²) in [5, 5.41) is 23.3. The van der Waals surface area contributed by atoms with Gasteiger partial charge in [0, 0.05) is 37.1 Å². The Kier molecular flexibility index (Phi) is 6.24. The van der Waals surface area contributed by atoms with E-state index in [-0.39, 0.29) is 30.6 Å². The van der Waals surface area contributed by atoms with Crippen molar-refractivity contribution in [1.29, 1.82) is 0 Å². The van der Waals surface area contributed by atoms with Crippen LogP contribution in [0.1, 0.15) is 23.0 Å². The van der Waals surface area contributed by atoms with Crippen molar-refractivity contribution in [2.75, 3.05) is 24.5 Å². The SMILES string of the molecule is CCN(NC(=O)OCc1ccc([N+](=O)[O-])cc1)C(=O)c1csc(N2CC(O)C2)n1. The largest absolute Gasteiger partial charge is 0.443 e. The molecule has 0 radical (unpaired) electrons. The van der Waals surface area contributed by atoms with Gasteiger partial charge in [0.1, 0.15) is 12.3 Å². The Hall–Kier alpha value is -3.25. The Morgan fingerprint density at radius 3 is 2.69 bits per heavy atom. The normalized spacial score (nSPS) is 13.5. The minimum Gasteiger partial charge on any atom is -0.443 e. The average molecular weight is 421 g/mol. The number of nitrogens with zero attached hydrogens (tertiary/aromatic N) is 4. The van der Waals surface area contributed by atoms with Crippen molar-refractivity contribution < 1.29 is 24.4 Å². The number of hydrogen-bond acceptors (Lipinski definition) is 9. The zero-order valence-corrected chi connectivity index (χ0v) is 16.3. The topological polar surface area (TPSA) is 138 Å². The summed E-state index contributed by atoms with van der Waals surface area (Å²) in [6.07, 6.45) is -1.21. The Morgan fingerprint density at radius 1 is 1.41 bits per heavy atom. The van der Waals surface area contributed by atoms with Crippen LogP contribution in [0.4, 0.5) is 15.6 Å². The molecule has 154 valence electrons. The van der Waals surface area contributed by atoms with E-state index in [1.807, 2.05) is 4.90 Å². The lowest BCUT2D eigenvalue weighted by Gasteiger charge is -2.35. The maximum Gasteiger partial charge on any atom is 0.426 e. The Labute approximate surface area is 169 Å². The van der Waals surface area contributed by atoms with E-state index in [4.69, 9.17) is 4.74 Å². The zero-order chi connectivity index (χ0) is 21.0. The van der Waals surface area contributed by atoms with Crippen LogP contribution in [0, 0.1) is 10.1 Å². The number of hydrazine groups is 1. The summed E-state index contributed by atoms with van der Waals surface area (Å²) in [7, 11) is 0. The molecule has 1 aliphatic rings. The maximum atomic E-state index is 12.6. The Bertz CT molecular complexity index is 896. The highest BCUT2D eigenvalue weighted by Gasteiger charge is 2.28. The van der Waals surface area contributed by atoms with Crippen LogP contribution in [-0.2, 0) is 11.3 Å². The molecule has 11 nitrogen and oxygen atoms in total. The molecule has 1 aromatic heterocycles. The molecule has 0 spiro atoms. The molecule has 2 heterocycles. The summed E-state index contributed by atoms with van der Waals surface area (Å²) in [6, 6.07) is 5.60. The molecule has 3 rings (SSSR count). The van der Waals surface area contributed by atoms with E-state index in [0.717, 1.165) is 5.01 Å². The first-order valence-electron chi connectivity index (χ1n) is 8.74. The number of hydrogen-bond donors (Lipinski definition) is 2. The van der Waals surface area contributed by atoms with Gasteiger partial charge in [0.2, 0.25) is 0 Å². The van der Waals surface area contributed by atoms with E-state index < -0.39 is 16.9 Å². The molecule has 1 aromatic carbocycles. The minimum absolute atomic E-state index is 0.0590. The van der Waals surface area contributed by atoms with E-state index in [0.29, 0.717) is 23.8 Å². The number of β-amino-alcohol motifs (C(OH)–C–C–N with tert-alkyl or cyclic N) is 1. The smallest absolute Gasteiger partial charge is 0.426 e. The van der Waals surface area contributed by atoms with Crippen LogP contribution in [0.2, 0.25) is 0 Å². The van der Waals surface area contributed by atoms with Crippen molar-refractivity contribution in [2.45, 2.75) is 19.6 Å². The summed E-state index contributed by atoms with van der Waals surface area (Å²) in [5.41, 5.74) is 3.06. The first kappa shape index (κ1) is 20.5. The second-order valence-electron chi connectivity index (χ2n) is 6.24. The predicted octanol–water partition coefficient (Wildman–Crippen LogP) is 1.54. The number of nitrogens with one attached hydrogen (secondary N) is 1. The number of aromatic nitrogens is 1. The number of anilines is 1. The molecule has 29 heavy (non-hydrogen) atoms. The van der Waals surface area contributed by atoms with Crippen LogP contribution in [-0.4, -0.2) is 57.8 Å². The molecule has 2 amide bonds. The van der Waals surface area contributed by atoms with Gasteiger partial charge in [-0.15, -0.1) is 11.3 Å². The van der Waals surface area contributed by atoms with Gasteiger partial charge in [-0.25, -0.2) is 20.2 Å². The fraction of sp³-hybridized carbons (Fsp3) is 0.353. The third-order valence-electron chi connectivity index (χ3n) is 4.15. The van der Waals surface area contributed by atoms with Crippen LogP contribution in [0.25, 0.3) is 0 Å². The van der Waals surface area contributed by atoms with Crippen LogP contribution in [0.15, 0.2) is 29.6 Å². The van der Waals surface area contributed by atoms with Crippen LogP contribution < -0.4 is 10.3 Å². The number of carbonyl (C=O) groups excluding carboxylic acids is 2. The van der Waals surface area contributed by atoms with Gasteiger partial charge in [0.25, 0.3) is 11.6 Å². The zero-order valence-electron chi connectivity index (χ0n) is 15.5. The summed E-state index contributed by atoms with van der Waals surface area (Å²) < 4.78 is 5.06. The molecule has 0 bridgehead atoms. The standard InChI is InChI=1S/C17H19N5O6S/c1-2-21(15(24)14-10-29-16(18-14)20-7-13(23)8-20)19-17(25)28-9-11-3-5-12(6-4-11)22(26)27/h3-6,10,13,23H,2,7-9H2,1H3,(H,19,25). The molecule has 1 aliphatic heterocycles. The highest BCUT2D eigenvalue weighted by Crippen LogP contribution is 2.25. The summed E-state index contributed by atoms with van der Waals surface area (Å²) in [5.74, 6) is -0.483. The number of aliphatic hydroxyl groups is 1. The van der Waals surface area contributed by atoms with Crippen molar-refractivity contribution in [2.24, 2.45) is 0 Å². The molecule has 12 heteroatoms. The molecule has 0 unspecified atom stereocenters. The van der Waals surface area contributed by atoms with E-state index in [1.165, 1.54) is 35.6 Å². The highest BCUT2D eigenvalue weighted by atomic mass is 32.1. The van der Waals surface area contributed by atoms with Crippen LogP contribution in [0.3, 0.4) is 0 Å². The van der Waals surface area contributed by atoms with Crippen molar-refractivity contribution >= 4 is 34.2 Å². The number of thiazole rings is 1. The first-order chi connectivity index (χ1) is 13.9. The van der Waals surface area contributed by atoms with Crippen LogP contribution in [0.5, 0.6) is 0 Å². The molecule has 0 atom stereocenters. The summed E-state index contributed by atoms with van der Waals surface area (Å²) in [6.45, 7) is 2.74. The number of nitro benzene ring substituents is 1. The second-order valence-corrected chi connectivity index (χ2v) is 7.07. The Morgan fingerprint density at radius 2 is 2.10 bits per heavy atom. The van der Waals surface area contributed by atoms with E-state index in [9.17, 15) is 24.8 Å². The van der Waals surface area contributed by atoms with Gasteiger partial charge in [0.15, 0.2) is 5.13 Å². The molecule has 2 N–H and O–H groups in total. The number of benzene rings is 1. The molecule has 1 saturated heterocycles. The molecule has 0 aliphatic carbocycles. The minimum atomic E-state index is -0.833. The van der Waals surface area contributed by atoms with Crippen LogP contribution >= 0.6 is 11.3 Å². The van der Waals surface area contributed by atoms with Gasteiger partial charge >= 0.3 is 6.09 Å². The highest BCUT2D eigenvalue weighted by molar-refractivity contribution is 7.14. The fourth-order valence-corrected chi connectivity index (χ4v) is 3.36. The lowest BCUT2D eigenvalue weighted by atomic mass is 10.2. The van der Waals surface area contributed by atoms with E-state index >= 15 is 0 Å². The third-order valence-corrected chi connectivity index (χ3v) is 5.05. The fourth-order valence-electron chi connectivity index (χ4n) is 2.54. The molecular formula is C17H19N5O6S. The summed E-state index contributed by atoms with van der Waals surface area (Å²) in [4.78, 5) is 40.8. The van der Waals surface area contributed by atoms with Gasteiger partial charge in [-0.2, -0.15) is 0 Å².